The van der Waals surface area contributed by atoms with E-state index in [1.165, 1.54) is 0 Å². The molecule has 4 rings (SSSR count). The summed E-state index contributed by atoms with van der Waals surface area (Å²) < 4.78 is 79.1. The first kappa shape index (κ1) is 14.6. The molecule has 4 saturated carbocycles. The van der Waals surface area contributed by atoms with Crippen LogP contribution in [0.2, 0.25) is 0 Å². The van der Waals surface area contributed by atoms with Crippen molar-refractivity contribution in [1.29, 1.82) is 0 Å². The smallest absolute Gasteiger partial charge is 0.223 e. The van der Waals surface area contributed by atoms with E-state index in [1.807, 2.05) is 0 Å². The Balaban J connectivity index is 2.03. The highest BCUT2D eigenvalue weighted by Gasteiger charge is 2.75. The molecule has 0 aromatic carbocycles. The van der Waals surface area contributed by atoms with Crippen molar-refractivity contribution in [2.45, 2.75) is 49.7 Å². The third kappa shape index (κ3) is 1.70. The lowest BCUT2D eigenvalue weighted by Gasteiger charge is -2.59. The van der Waals surface area contributed by atoms with Crippen LogP contribution < -0.4 is 0 Å². The summed E-state index contributed by atoms with van der Waals surface area (Å²) in [6.07, 6.45) is 2.81. The molecular formula is C13H18F4O2S. The Labute approximate surface area is 115 Å². The Kier molecular flexibility index (Phi) is 2.85. The summed E-state index contributed by atoms with van der Waals surface area (Å²) >= 11 is 0. The van der Waals surface area contributed by atoms with E-state index in [4.69, 9.17) is 0 Å². The largest absolute Gasteiger partial charge is 0.407 e. The van der Waals surface area contributed by atoms with Crippen molar-refractivity contribution >= 4 is 9.84 Å². The van der Waals surface area contributed by atoms with Crippen molar-refractivity contribution in [3.8, 4) is 0 Å². The number of halogens is 4. The van der Waals surface area contributed by atoms with Gasteiger partial charge in [0.1, 0.15) is 0 Å². The molecule has 0 saturated heterocycles. The molecule has 0 spiro atoms. The number of alkyl halides is 4. The van der Waals surface area contributed by atoms with Gasteiger partial charge in [0.2, 0.25) is 9.84 Å². The molecule has 20 heavy (non-hydrogen) atoms. The van der Waals surface area contributed by atoms with E-state index in [2.05, 4.69) is 0 Å². The van der Waals surface area contributed by atoms with Crippen molar-refractivity contribution in [2.75, 3.05) is 6.26 Å². The summed E-state index contributed by atoms with van der Waals surface area (Å²) in [5.74, 6) is -4.31. The van der Waals surface area contributed by atoms with Crippen LogP contribution in [0.5, 0.6) is 0 Å². The van der Waals surface area contributed by atoms with Crippen molar-refractivity contribution in [3.05, 3.63) is 0 Å². The molecule has 2 nitrogen and oxygen atoms in total. The van der Waals surface area contributed by atoms with Crippen LogP contribution in [0.3, 0.4) is 0 Å². The molecule has 0 heterocycles. The second-order valence-electron chi connectivity index (χ2n) is 7.06. The maximum absolute atomic E-state index is 14.5. The monoisotopic (exact) mass is 314 g/mol. The Morgan fingerprint density at radius 2 is 1.25 bits per heavy atom. The molecule has 4 aliphatic rings. The summed E-state index contributed by atoms with van der Waals surface area (Å²) in [4.78, 5) is 0. The lowest BCUT2D eigenvalue weighted by molar-refractivity contribution is -0.271. The zero-order chi connectivity index (χ0) is 15.0. The molecule has 0 unspecified atom stereocenters. The minimum Gasteiger partial charge on any atom is -0.223 e. The topological polar surface area (TPSA) is 34.1 Å². The van der Waals surface area contributed by atoms with Crippen molar-refractivity contribution < 1.29 is 26.0 Å². The van der Waals surface area contributed by atoms with Crippen molar-refractivity contribution in [3.63, 3.8) is 0 Å². The maximum Gasteiger partial charge on any atom is 0.407 e. The van der Waals surface area contributed by atoms with Gasteiger partial charge < -0.3 is 0 Å². The van der Waals surface area contributed by atoms with Crippen LogP contribution >= 0.6 is 0 Å². The standard InChI is InChI=1S/C13H18F4O2S/c1-20(18,19)13(16,17)12(14,15)11-5-8-2-9(6-11)4-10(3-8)7-11/h8-10H,2-7H2,1H3. The second kappa shape index (κ2) is 3.90. The van der Waals surface area contributed by atoms with E-state index in [1.54, 1.807) is 0 Å². The normalized spacial score (nSPS) is 41.1. The quantitative estimate of drug-likeness (QED) is 0.748. The van der Waals surface area contributed by atoms with E-state index in [9.17, 15) is 26.0 Å². The van der Waals surface area contributed by atoms with Crippen molar-refractivity contribution in [1.82, 2.24) is 0 Å². The molecule has 0 aliphatic heterocycles. The van der Waals surface area contributed by atoms with E-state index in [0.29, 0.717) is 0 Å². The lowest BCUT2D eigenvalue weighted by atomic mass is 9.48. The number of rotatable bonds is 3. The van der Waals surface area contributed by atoms with Crippen molar-refractivity contribution in [2.24, 2.45) is 23.2 Å². The van der Waals surface area contributed by atoms with E-state index in [-0.39, 0.29) is 43.3 Å². The van der Waals surface area contributed by atoms with Gasteiger partial charge in [-0.05, 0) is 56.3 Å². The van der Waals surface area contributed by atoms with Crippen LogP contribution in [0.1, 0.15) is 38.5 Å². The summed E-state index contributed by atoms with van der Waals surface area (Å²) in [5, 5.41) is -4.98. The molecule has 0 atom stereocenters. The summed E-state index contributed by atoms with van der Waals surface area (Å²) in [6.45, 7) is 0. The minimum absolute atomic E-state index is 0.0398. The van der Waals surface area contributed by atoms with Crippen LogP contribution in [0, 0.1) is 23.2 Å². The highest BCUT2D eigenvalue weighted by molar-refractivity contribution is 7.91. The summed E-state index contributed by atoms with van der Waals surface area (Å²) in [7, 11) is -5.14. The molecule has 7 heteroatoms. The van der Waals surface area contributed by atoms with Gasteiger partial charge in [0.05, 0.1) is 0 Å². The number of hydrogen-bond donors (Lipinski definition) is 0. The highest BCUT2D eigenvalue weighted by Crippen LogP contribution is 2.67. The second-order valence-corrected chi connectivity index (χ2v) is 9.12. The van der Waals surface area contributed by atoms with Gasteiger partial charge in [0.25, 0.3) is 0 Å². The third-order valence-electron chi connectivity index (χ3n) is 5.54. The first-order valence-electron chi connectivity index (χ1n) is 6.94. The zero-order valence-corrected chi connectivity index (χ0v) is 12.0. The molecular weight excluding hydrogens is 296 g/mol. The number of sulfone groups is 1. The van der Waals surface area contributed by atoms with Gasteiger partial charge in [-0.2, -0.15) is 17.6 Å². The fourth-order valence-electron chi connectivity index (χ4n) is 5.04. The highest BCUT2D eigenvalue weighted by atomic mass is 32.2. The predicted octanol–water partition coefficient (Wildman–Crippen LogP) is 3.48. The lowest BCUT2D eigenvalue weighted by Crippen LogP contribution is -2.63. The molecule has 0 aromatic rings. The van der Waals surface area contributed by atoms with E-state index < -0.39 is 26.4 Å². The fourth-order valence-corrected chi connectivity index (χ4v) is 5.72. The van der Waals surface area contributed by atoms with Crippen LogP contribution in [-0.4, -0.2) is 25.9 Å². The first-order chi connectivity index (χ1) is 8.98. The minimum atomic E-state index is -5.14. The van der Waals surface area contributed by atoms with Gasteiger partial charge in [-0.3, -0.25) is 0 Å². The molecule has 116 valence electrons. The van der Waals surface area contributed by atoms with E-state index in [0.717, 1.165) is 19.3 Å². The Bertz CT molecular complexity index is 491. The van der Waals surface area contributed by atoms with Gasteiger partial charge in [0, 0.05) is 11.7 Å². The van der Waals surface area contributed by atoms with Crippen LogP contribution in [-0.2, 0) is 9.84 Å². The molecule has 0 amide bonds. The van der Waals surface area contributed by atoms with E-state index >= 15 is 0 Å². The Morgan fingerprint density at radius 1 is 0.900 bits per heavy atom. The summed E-state index contributed by atoms with van der Waals surface area (Å²) in [6, 6.07) is 0. The third-order valence-corrected chi connectivity index (χ3v) is 6.72. The van der Waals surface area contributed by atoms with Crippen LogP contribution in [0.4, 0.5) is 17.6 Å². The average molecular weight is 314 g/mol. The fraction of sp³-hybridized carbons (Fsp3) is 1.00. The predicted molar refractivity (Wildman–Crippen MR) is 65.3 cm³/mol. The maximum atomic E-state index is 14.5. The molecule has 0 aromatic heterocycles. The molecule has 0 radical (unpaired) electrons. The van der Waals surface area contributed by atoms with Gasteiger partial charge in [-0.15, -0.1) is 0 Å². The number of hydrogen-bond acceptors (Lipinski definition) is 2. The van der Waals surface area contributed by atoms with Gasteiger partial charge >= 0.3 is 11.2 Å². The molecule has 0 N–H and O–H groups in total. The molecule has 4 fully saturated rings. The molecule has 4 bridgehead atoms. The Hall–Kier alpha value is -0.330. The van der Waals surface area contributed by atoms with Crippen LogP contribution in [0.25, 0.3) is 0 Å². The molecule has 4 aliphatic carbocycles. The summed E-state index contributed by atoms with van der Waals surface area (Å²) in [5.41, 5.74) is -1.83. The zero-order valence-electron chi connectivity index (χ0n) is 11.2. The Morgan fingerprint density at radius 3 is 1.55 bits per heavy atom. The first-order valence-corrected chi connectivity index (χ1v) is 8.83. The SMILES string of the molecule is CS(=O)(=O)C(F)(F)C(F)(F)C12CC3CC(CC(C3)C1)C2. The van der Waals surface area contributed by atoms with Gasteiger partial charge in [0.15, 0.2) is 0 Å². The van der Waals surface area contributed by atoms with Gasteiger partial charge in [-0.25, -0.2) is 8.42 Å². The average Bonchev–Trinajstić information content (AvgIpc) is 2.24. The van der Waals surface area contributed by atoms with Crippen LogP contribution in [0.15, 0.2) is 0 Å². The van der Waals surface area contributed by atoms with Gasteiger partial charge in [-0.1, -0.05) is 0 Å².